The zero-order valence-corrected chi connectivity index (χ0v) is 12.1. The molecule has 0 spiro atoms. The van der Waals surface area contributed by atoms with Gasteiger partial charge in [0.15, 0.2) is 0 Å². The Kier molecular flexibility index (Phi) is 6.28. The molecule has 1 amide bonds. The number of nitrogens with one attached hydrogen (secondary N) is 2. The van der Waals surface area contributed by atoms with E-state index in [1.165, 1.54) is 0 Å². The summed E-state index contributed by atoms with van der Waals surface area (Å²) in [6.07, 6.45) is 2.66. The number of hydrogen-bond donors (Lipinski definition) is 3. The molecule has 0 aromatic rings. The molecular formula is C14H26N2O3. The summed E-state index contributed by atoms with van der Waals surface area (Å²) < 4.78 is 0. The fraction of sp³-hybridized carbons (Fsp3) is 0.857. The third kappa shape index (κ3) is 5.19. The second kappa shape index (κ2) is 7.48. The number of carbonyl (C=O) groups excluding carboxylic acids is 1. The number of carbonyl (C=O) groups is 2. The maximum absolute atomic E-state index is 11.8. The average Bonchev–Trinajstić information content (AvgIpc) is 2.81. The Morgan fingerprint density at radius 2 is 1.95 bits per heavy atom. The number of amides is 1. The lowest BCUT2D eigenvalue weighted by Gasteiger charge is -2.20. The third-order valence-corrected chi connectivity index (χ3v) is 3.74. The van der Waals surface area contributed by atoms with E-state index in [0.29, 0.717) is 19.0 Å². The van der Waals surface area contributed by atoms with Gasteiger partial charge in [-0.1, -0.05) is 20.3 Å². The van der Waals surface area contributed by atoms with Crippen molar-refractivity contribution in [2.45, 2.75) is 46.1 Å². The quantitative estimate of drug-likeness (QED) is 0.650. The summed E-state index contributed by atoms with van der Waals surface area (Å²) >= 11 is 0. The molecular weight excluding hydrogens is 244 g/mol. The minimum atomic E-state index is -0.707. The zero-order valence-electron chi connectivity index (χ0n) is 12.1. The molecule has 0 bridgehead atoms. The van der Waals surface area contributed by atoms with E-state index < -0.39 is 5.97 Å². The lowest BCUT2D eigenvalue weighted by Crippen LogP contribution is -2.45. The van der Waals surface area contributed by atoms with Gasteiger partial charge in [-0.3, -0.25) is 9.59 Å². The second-order valence-corrected chi connectivity index (χ2v) is 5.90. The molecule has 0 aromatic heterocycles. The molecule has 5 heteroatoms. The first-order chi connectivity index (χ1) is 8.91. The van der Waals surface area contributed by atoms with Crippen molar-refractivity contribution in [2.24, 2.45) is 17.8 Å². The highest BCUT2D eigenvalue weighted by Gasteiger charge is 2.32. The highest BCUT2D eigenvalue weighted by Crippen LogP contribution is 2.31. The molecule has 0 aromatic carbocycles. The summed E-state index contributed by atoms with van der Waals surface area (Å²) in [6.45, 7) is 7.20. The Bertz CT molecular complexity index is 318. The lowest BCUT2D eigenvalue weighted by atomic mass is 9.96. The smallest absolute Gasteiger partial charge is 0.306 e. The molecule has 1 aliphatic rings. The molecule has 0 heterocycles. The molecule has 1 aliphatic carbocycles. The molecule has 0 radical (unpaired) electrons. The predicted octanol–water partition coefficient (Wildman–Crippen LogP) is 1.24. The van der Waals surface area contributed by atoms with Crippen LogP contribution in [0, 0.1) is 17.8 Å². The van der Waals surface area contributed by atoms with Crippen molar-refractivity contribution in [1.29, 1.82) is 0 Å². The van der Waals surface area contributed by atoms with Crippen LogP contribution in [0.4, 0.5) is 0 Å². The highest BCUT2D eigenvalue weighted by molar-refractivity contribution is 5.81. The monoisotopic (exact) mass is 270 g/mol. The van der Waals surface area contributed by atoms with Gasteiger partial charge in [-0.25, -0.2) is 0 Å². The van der Waals surface area contributed by atoms with E-state index in [4.69, 9.17) is 5.11 Å². The summed E-state index contributed by atoms with van der Waals surface area (Å²) in [6, 6.07) is -0.270. The standard InChI is InChI=1S/C14H26N2O3/c1-9(2)7-16-13(17)10(3)15-8-11-5-4-6-12(11)14(18)19/h9-12,15H,4-8H2,1-3H3,(H,16,17)(H,18,19). The molecule has 3 atom stereocenters. The summed E-state index contributed by atoms with van der Waals surface area (Å²) in [4.78, 5) is 22.8. The first-order valence-corrected chi connectivity index (χ1v) is 7.15. The van der Waals surface area contributed by atoms with Gasteiger partial charge in [0, 0.05) is 6.54 Å². The van der Waals surface area contributed by atoms with Gasteiger partial charge in [0.05, 0.1) is 12.0 Å². The number of hydrogen-bond acceptors (Lipinski definition) is 3. The van der Waals surface area contributed by atoms with Gasteiger partial charge < -0.3 is 15.7 Å². The van der Waals surface area contributed by atoms with Crippen LogP contribution in [0.15, 0.2) is 0 Å². The van der Waals surface area contributed by atoms with E-state index >= 15 is 0 Å². The zero-order chi connectivity index (χ0) is 14.4. The van der Waals surface area contributed by atoms with Crippen molar-refractivity contribution >= 4 is 11.9 Å². The third-order valence-electron chi connectivity index (χ3n) is 3.74. The summed E-state index contributed by atoms with van der Waals surface area (Å²) in [5, 5.41) is 15.1. The van der Waals surface area contributed by atoms with Crippen molar-refractivity contribution in [3.8, 4) is 0 Å². The SMILES string of the molecule is CC(C)CNC(=O)C(C)NCC1CCCC1C(=O)O. The minimum absolute atomic E-state index is 0.0152. The molecule has 5 nitrogen and oxygen atoms in total. The van der Waals surface area contributed by atoms with Crippen molar-refractivity contribution in [2.75, 3.05) is 13.1 Å². The summed E-state index contributed by atoms with van der Waals surface area (Å²) in [5.41, 5.74) is 0. The maximum Gasteiger partial charge on any atom is 0.306 e. The van der Waals surface area contributed by atoms with Gasteiger partial charge in [0.25, 0.3) is 0 Å². The Balaban J connectivity index is 2.31. The number of aliphatic carboxylic acids is 1. The Morgan fingerprint density at radius 1 is 1.26 bits per heavy atom. The van der Waals surface area contributed by atoms with E-state index in [1.807, 2.05) is 20.8 Å². The van der Waals surface area contributed by atoms with Crippen molar-refractivity contribution in [3.63, 3.8) is 0 Å². The van der Waals surface area contributed by atoms with Gasteiger partial charge in [-0.05, 0) is 38.1 Å². The molecule has 1 saturated carbocycles. The van der Waals surface area contributed by atoms with Gasteiger partial charge in [-0.2, -0.15) is 0 Å². The maximum atomic E-state index is 11.8. The van der Waals surface area contributed by atoms with Crippen LogP contribution in [0.3, 0.4) is 0 Å². The predicted molar refractivity (Wildman–Crippen MR) is 73.8 cm³/mol. The van der Waals surface area contributed by atoms with Crippen molar-refractivity contribution in [1.82, 2.24) is 10.6 Å². The van der Waals surface area contributed by atoms with E-state index in [2.05, 4.69) is 10.6 Å². The van der Waals surface area contributed by atoms with Gasteiger partial charge >= 0.3 is 5.97 Å². The van der Waals surface area contributed by atoms with Gasteiger partial charge in [-0.15, -0.1) is 0 Å². The van der Waals surface area contributed by atoms with E-state index in [0.717, 1.165) is 19.3 Å². The topological polar surface area (TPSA) is 78.4 Å². The van der Waals surface area contributed by atoms with Crippen LogP contribution < -0.4 is 10.6 Å². The molecule has 1 rings (SSSR count). The second-order valence-electron chi connectivity index (χ2n) is 5.90. The molecule has 19 heavy (non-hydrogen) atoms. The van der Waals surface area contributed by atoms with Crippen molar-refractivity contribution in [3.05, 3.63) is 0 Å². The van der Waals surface area contributed by atoms with E-state index in [9.17, 15) is 9.59 Å². The largest absolute Gasteiger partial charge is 0.481 e. The number of carboxylic acids is 1. The van der Waals surface area contributed by atoms with Crippen LogP contribution >= 0.6 is 0 Å². The van der Waals surface area contributed by atoms with Crippen LogP contribution in [0.25, 0.3) is 0 Å². The molecule has 1 fully saturated rings. The summed E-state index contributed by atoms with van der Waals surface area (Å²) in [7, 11) is 0. The highest BCUT2D eigenvalue weighted by atomic mass is 16.4. The number of carboxylic acid groups (broad SMARTS) is 1. The van der Waals surface area contributed by atoms with Gasteiger partial charge in [0.2, 0.25) is 5.91 Å². The fourth-order valence-corrected chi connectivity index (χ4v) is 2.48. The first kappa shape index (κ1) is 16.0. The fourth-order valence-electron chi connectivity index (χ4n) is 2.48. The lowest BCUT2D eigenvalue weighted by molar-refractivity contribution is -0.142. The molecule has 110 valence electrons. The van der Waals surface area contributed by atoms with E-state index in [1.54, 1.807) is 0 Å². The Labute approximate surface area is 115 Å². The van der Waals surface area contributed by atoms with Crippen LogP contribution in [-0.2, 0) is 9.59 Å². The normalized spacial score (nSPS) is 24.4. The van der Waals surface area contributed by atoms with Gasteiger partial charge in [0.1, 0.15) is 0 Å². The number of rotatable bonds is 7. The Hall–Kier alpha value is -1.10. The molecule has 0 aliphatic heterocycles. The minimum Gasteiger partial charge on any atom is -0.481 e. The average molecular weight is 270 g/mol. The Morgan fingerprint density at radius 3 is 2.53 bits per heavy atom. The van der Waals surface area contributed by atoms with E-state index in [-0.39, 0.29) is 23.8 Å². The molecule has 3 unspecified atom stereocenters. The van der Waals surface area contributed by atoms with Crippen LogP contribution in [0.2, 0.25) is 0 Å². The first-order valence-electron chi connectivity index (χ1n) is 7.15. The molecule has 3 N–H and O–H groups in total. The van der Waals surface area contributed by atoms with Crippen LogP contribution in [0.1, 0.15) is 40.0 Å². The summed E-state index contributed by atoms with van der Waals surface area (Å²) in [5.74, 6) is -0.390. The van der Waals surface area contributed by atoms with Crippen molar-refractivity contribution < 1.29 is 14.7 Å². The molecule has 0 saturated heterocycles. The van der Waals surface area contributed by atoms with Crippen LogP contribution in [-0.4, -0.2) is 36.1 Å². The van der Waals surface area contributed by atoms with Crippen LogP contribution in [0.5, 0.6) is 0 Å².